The summed E-state index contributed by atoms with van der Waals surface area (Å²) in [5.74, 6) is 3.21. The second-order valence-electron chi connectivity index (χ2n) is 7.43. The first-order chi connectivity index (χ1) is 14.7. The first-order valence-corrected chi connectivity index (χ1v) is 10.6. The highest BCUT2D eigenvalue weighted by Gasteiger charge is 2.22. The molecule has 2 fully saturated rings. The van der Waals surface area contributed by atoms with E-state index < -0.39 is 0 Å². The molecule has 2 aliphatic heterocycles. The van der Waals surface area contributed by atoms with Gasteiger partial charge in [-0.15, -0.1) is 0 Å². The molecule has 0 aliphatic carbocycles. The molecule has 162 valence electrons. The van der Waals surface area contributed by atoms with Gasteiger partial charge in [-0.2, -0.15) is 0 Å². The first kappa shape index (κ1) is 20.8. The predicted molar refractivity (Wildman–Crippen MR) is 115 cm³/mol. The molecular weight excluding hydrogens is 384 g/mol. The number of aromatic nitrogens is 2. The van der Waals surface area contributed by atoms with Gasteiger partial charge in [-0.25, -0.2) is 9.97 Å². The number of rotatable bonds is 8. The van der Waals surface area contributed by atoms with Crippen LogP contribution in [0.4, 0.5) is 11.6 Å². The number of nitrogens with one attached hydrogen (secondary N) is 1. The van der Waals surface area contributed by atoms with Gasteiger partial charge in [0.25, 0.3) is 0 Å². The minimum absolute atomic E-state index is 0.224. The predicted octanol–water partition coefficient (Wildman–Crippen LogP) is 2.86. The molecule has 0 saturated carbocycles. The Labute approximate surface area is 177 Å². The summed E-state index contributed by atoms with van der Waals surface area (Å²) in [5.41, 5.74) is 1.96. The van der Waals surface area contributed by atoms with E-state index in [0.717, 1.165) is 54.6 Å². The van der Waals surface area contributed by atoms with Gasteiger partial charge in [0.05, 0.1) is 25.9 Å². The summed E-state index contributed by atoms with van der Waals surface area (Å²) in [5, 5.41) is 3.57. The highest BCUT2D eigenvalue weighted by molar-refractivity contribution is 5.67. The number of morpholine rings is 1. The van der Waals surface area contributed by atoms with E-state index in [1.165, 1.54) is 0 Å². The second kappa shape index (κ2) is 10.1. The average molecular weight is 415 g/mol. The van der Waals surface area contributed by atoms with E-state index in [9.17, 15) is 0 Å². The largest absolute Gasteiger partial charge is 0.468 e. The zero-order chi connectivity index (χ0) is 20.8. The molecule has 1 atom stereocenters. The zero-order valence-electron chi connectivity index (χ0n) is 17.7. The maximum Gasteiger partial charge on any atom is 0.189 e. The molecule has 8 nitrogen and oxygen atoms in total. The maximum atomic E-state index is 5.68. The lowest BCUT2D eigenvalue weighted by Crippen LogP contribution is -2.37. The molecule has 30 heavy (non-hydrogen) atoms. The Bertz CT molecular complexity index is 836. The van der Waals surface area contributed by atoms with Crippen molar-refractivity contribution < 1.29 is 18.9 Å². The molecular formula is C22H30N4O4. The fraction of sp³-hybridized carbons (Fsp3) is 0.545. The number of nitrogens with zero attached hydrogens (tertiary/aromatic N) is 3. The van der Waals surface area contributed by atoms with Gasteiger partial charge in [0.2, 0.25) is 0 Å². The van der Waals surface area contributed by atoms with Crippen LogP contribution >= 0.6 is 0 Å². The highest BCUT2D eigenvalue weighted by atomic mass is 16.7. The van der Waals surface area contributed by atoms with E-state index in [2.05, 4.69) is 17.1 Å². The maximum absolute atomic E-state index is 5.68. The second-order valence-corrected chi connectivity index (χ2v) is 7.43. The molecule has 1 aromatic carbocycles. The molecule has 0 radical (unpaired) electrons. The first-order valence-electron chi connectivity index (χ1n) is 10.6. The third-order valence-corrected chi connectivity index (χ3v) is 5.31. The van der Waals surface area contributed by atoms with E-state index in [1.807, 2.05) is 31.2 Å². The summed E-state index contributed by atoms with van der Waals surface area (Å²) in [6.45, 7) is 9.40. The third-order valence-electron chi connectivity index (χ3n) is 5.31. The zero-order valence-corrected chi connectivity index (χ0v) is 17.7. The molecule has 0 unspecified atom stereocenters. The van der Waals surface area contributed by atoms with Crippen LogP contribution in [0, 0.1) is 6.92 Å². The van der Waals surface area contributed by atoms with E-state index in [4.69, 9.17) is 28.9 Å². The third kappa shape index (κ3) is 5.00. The van der Waals surface area contributed by atoms with Crippen LogP contribution in [0.2, 0.25) is 0 Å². The summed E-state index contributed by atoms with van der Waals surface area (Å²) in [4.78, 5) is 12.1. The average Bonchev–Trinajstić information content (AvgIpc) is 3.29. The molecule has 2 saturated heterocycles. The fourth-order valence-corrected chi connectivity index (χ4v) is 3.62. The number of hydrogen-bond acceptors (Lipinski definition) is 8. The smallest absolute Gasteiger partial charge is 0.189 e. The van der Waals surface area contributed by atoms with Crippen LogP contribution in [-0.2, 0) is 14.2 Å². The fourth-order valence-electron chi connectivity index (χ4n) is 3.62. The lowest BCUT2D eigenvalue weighted by atomic mass is 10.1. The number of hydrogen-bond donors (Lipinski definition) is 1. The van der Waals surface area contributed by atoms with Gasteiger partial charge in [-0.3, -0.25) is 0 Å². The van der Waals surface area contributed by atoms with Gasteiger partial charge < -0.3 is 29.2 Å². The molecule has 1 N–H and O–H groups in total. The summed E-state index contributed by atoms with van der Waals surface area (Å²) < 4.78 is 22.0. The number of ether oxygens (including phenoxy) is 4. The molecule has 2 aliphatic rings. The monoisotopic (exact) mass is 414 g/mol. The molecule has 0 spiro atoms. The van der Waals surface area contributed by atoms with Gasteiger partial charge >= 0.3 is 0 Å². The molecule has 8 heteroatoms. The van der Waals surface area contributed by atoms with Gasteiger partial charge in [-0.05, 0) is 32.4 Å². The molecule has 3 heterocycles. The Morgan fingerprint density at radius 3 is 2.80 bits per heavy atom. The Morgan fingerprint density at radius 1 is 1.17 bits per heavy atom. The highest BCUT2D eigenvalue weighted by Crippen LogP contribution is 2.30. The van der Waals surface area contributed by atoms with Crippen molar-refractivity contribution in [3.8, 4) is 17.1 Å². The summed E-state index contributed by atoms with van der Waals surface area (Å²) in [6.07, 6.45) is 0.979. The Balaban J connectivity index is 1.66. The normalized spacial score (nSPS) is 19.1. The molecule has 0 bridgehead atoms. The number of anilines is 2. The Morgan fingerprint density at radius 2 is 2.03 bits per heavy atom. The Hall–Kier alpha value is -2.42. The van der Waals surface area contributed by atoms with Crippen molar-refractivity contribution in [2.24, 2.45) is 0 Å². The van der Waals surface area contributed by atoms with E-state index in [1.54, 1.807) is 0 Å². The number of benzene rings is 1. The van der Waals surface area contributed by atoms with Crippen molar-refractivity contribution in [2.45, 2.75) is 26.3 Å². The molecule has 1 aromatic heterocycles. The van der Waals surface area contributed by atoms with Crippen molar-refractivity contribution in [3.05, 3.63) is 29.8 Å². The molecule has 2 aromatic rings. The lowest BCUT2D eigenvalue weighted by molar-refractivity contribution is 0.0224. The van der Waals surface area contributed by atoms with E-state index in [-0.39, 0.29) is 12.8 Å². The van der Waals surface area contributed by atoms with E-state index >= 15 is 0 Å². The Kier molecular flexibility index (Phi) is 6.99. The van der Waals surface area contributed by atoms with Crippen LogP contribution in [0.1, 0.15) is 18.9 Å². The van der Waals surface area contributed by atoms with Crippen molar-refractivity contribution >= 4 is 11.6 Å². The van der Waals surface area contributed by atoms with Crippen LogP contribution in [-0.4, -0.2) is 68.9 Å². The van der Waals surface area contributed by atoms with Crippen molar-refractivity contribution in [3.63, 3.8) is 0 Å². The van der Waals surface area contributed by atoms with Crippen LogP contribution in [0.5, 0.6) is 5.75 Å². The van der Waals surface area contributed by atoms with Crippen LogP contribution in [0.15, 0.2) is 24.3 Å². The minimum atomic E-state index is 0.224. The summed E-state index contributed by atoms with van der Waals surface area (Å²) in [7, 11) is 0. The molecule has 0 amide bonds. The van der Waals surface area contributed by atoms with Crippen molar-refractivity contribution in [2.75, 3.05) is 63.1 Å². The standard InChI is InChI=1S/C22H30N4O4/c1-3-27-15-30-19-6-4-5-17(13-19)21-24-20(23-18-7-10-29-14-18)16(2)22(25-21)26-8-11-28-12-9-26/h4-6,13,18H,3,7-12,14-15H2,1-2H3,(H,23,24,25)/t18-/m1/s1. The minimum Gasteiger partial charge on any atom is -0.468 e. The van der Waals surface area contributed by atoms with Crippen LogP contribution < -0.4 is 15.0 Å². The summed E-state index contributed by atoms with van der Waals surface area (Å²) in [6, 6.07) is 8.09. The van der Waals surface area contributed by atoms with Crippen molar-refractivity contribution in [1.82, 2.24) is 9.97 Å². The summed E-state index contributed by atoms with van der Waals surface area (Å²) >= 11 is 0. The quantitative estimate of drug-likeness (QED) is 0.522. The van der Waals surface area contributed by atoms with E-state index in [0.29, 0.717) is 32.3 Å². The molecule has 4 rings (SSSR count). The van der Waals surface area contributed by atoms with Crippen LogP contribution in [0.3, 0.4) is 0 Å². The van der Waals surface area contributed by atoms with Gasteiger partial charge in [0, 0.05) is 37.4 Å². The van der Waals surface area contributed by atoms with Crippen molar-refractivity contribution in [1.29, 1.82) is 0 Å². The van der Waals surface area contributed by atoms with Gasteiger partial charge in [-0.1, -0.05) is 12.1 Å². The van der Waals surface area contributed by atoms with Crippen LogP contribution in [0.25, 0.3) is 11.4 Å². The SMILES string of the molecule is CCOCOc1cccc(-c2nc(N[C@@H]3CCOC3)c(C)c(N3CCOCC3)n2)c1. The van der Waals surface area contributed by atoms with Gasteiger partial charge in [0.1, 0.15) is 17.4 Å². The lowest BCUT2D eigenvalue weighted by Gasteiger charge is -2.30. The van der Waals surface area contributed by atoms with Gasteiger partial charge in [0.15, 0.2) is 12.6 Å². The topological polar surface area (TPSA) is 78.0 Å².